The lowest BCUT2D eigenvalue weighted by Gasteiger charge is -2.14. The van der Waals surface area contributed by atoms with Gasteiger partial charge in [0.05, 0.1) is 0 Å². The van der Waals surface area contributed by atoms with Gasteiger partial charge in [-0.05, 0) is 73.5 Å². The van der Waals surface area contributed by atoms with Gasteiger partial charge in [-0.15, -0.1) is 11.3 Å². The smallest absolute Gasteiger partial charge is 0.165 e. The van der Waals surface area contributed by atoms with E-state index in [0.717, 1.165) is 44.2 Å². The van der Waals surface area contributed by atoms with Crippen LogP contribution in [0.3, 0.4) is 0 Å². The fourth-order valence-corrected chi connectivity index (χ4v) is 9.40. The third kappa shape index (κ3) is 6.46. The summed E-state index contributed by atoms with van der Waals surface area (Å²) in [6.45, 7) is 0. The molecule has 0 bridgehead atoms. The molecular formula is C55H35N3S. The Morgan fingerprint density at radius 1 is 0.237 bits per heavy atom. The van der Waals surface area contributed by atoms with Gasteiger partial charge in [0.2, 0.25) is 0 Å². The molecular weight excluding hydrogens is 735 g/mol. The van der Waals surface area contributed by atoms with E-state index in [1.54, 1.807) is 11.3 Å². The Hall–Kier alpha value is -7.53. The monoisotopic (exact) mass is 769 g/mol. The number of rotatable bonds is 7. The van der Waals surface area contributed by atoms with Crippen LogP contribution in [0.5, 0.6) is 0 Å². The minimum Gasteiger partial charge on any atom is -0.208 e. The summed E-state index contributed by atoms with van der Waals surface area (Å²) >= 11 is 1.79. The number of hydrogen-bond acceptors (Lipinski definition) is 4. The molecule has 0 aliphatic rings. The zero-order chi connectivity index (χ0) is 39.1. The predicted molar refractivity (Wildman–Crippen MR) is 248 cm³/mol. The van der Waals surface area contributed by atoms with Crippen LogP contribution >= 0.6 is 11.3 Å². The van der Waals surface area contributed by atoms with Crippen LogP contribution in [-0.2, 0) is 0 Å². The molecule has 276 valence electrons. The van der Waals surface area contributed by atoms with Gasteiger partial charge in [-0.25, -0.2) is 15.0 Å². The highest BCUT2D eigenvalue weighted by molar-refractivity contribution is 7.26. The van der Waals surface area contributed by atoms with E-state index < -0.39 is 0 Å². The summed E-state index contributed by atoms with van der Waals surface area (Å²) < 4.78 is 2.42. The molecule has 0 aliphatic heterocycles. The van der Waals surface area contributed by atoms with Crippen LogP contribution in [-0.4, -0.2) is 15.0 Å². The molecule has 0 saturated carbocycles. The molecule has 0 radical (unpaired) electrons. The van der Waals surface area contributed by atoms with Crippen molar-refractivity contribution in [3.8, 4) is 78.7 Å². The van der Waals surface area contributed by atoms with Crippen molar-refractivity contribution in [3.05, 3.63) is 212 Å². The minimum atomic E-state index is 0.638. The van der Waals surface area contributed by atoms with E-state index in [4.69, 9.17) is 15.0 Å². The highest BCUT2D eigenvalue weighted by Gasteiger charge is 2.19. The topological polar surface area (TPSA) is 38.7 Å². The number of nitrogens with zero attached hydrogens (tertiary/aromatic N) is 3. The van der Waals surface area contributed by atoms with Crippen LogP contribution in [0.25, 0.3) is 110 Å². The average Bonchev–Trinajstić information content (AvgIpc) is 3.71. The highest BCUT2D eigenvalue weighted by Crippen LogP contribution is 2.41. The van der Waals surface area contributed by atoms with Gasteiger partial charge in [-0.3, -0.25) is 0 Å². The quantitative estimate of drug-likeness (QED) is 0.162. The normalized spacial score (nSPS) is 11.4. The molecule has 11 rings (SSSR count). The molecule has 59 heavy (non-hydrogen) atoms. The number of thiophene rings is 1. The van der Waals surface area contributed by atoms with Gasteiger partial charge in [0.25, 0.3) is 0 Å². The first-order chi connectivity index (χ1) is 29.2. The third-order valence-electron chi connectivity index (χ3n) is 11.2. The zero-order valence-electron chi connectivity index (χ0n) is 32.0. The summed E-state index contributed by atoms with van der Waals surface area (Å²) in [5.74, 6) is 1.94. The van der Waals surface area contributed by atoms with Crippen LogP contribution in [0, 0.1) is 0 Å². The summed E-state index contributed by atoms with van der Waals surface area (Å²) in [4.78, 5) is 15.8. The van der Waals surface area contributed by atoms with Crippen LogP contribution in [0.2, 0.25) is 0 Å². The Bertz CT molecular complexity index is 3280. The summed E-state index contributed by atoms with van der Waals surface area (Å²) in [6, 6.07) is 75.2. The Labute approximate surface area is 346 Å². The molecule has 0 unspecified atom stereocenters. The maximum Gasteiger partial charge on any atom is 0.165 e. The molecule has 0 saturated heterocycles. The first-order valence-corrected chi connectivity index (χ1v) is 20.7. The third-order valence-corrected chi connectivity index (χ3v) is 12.4. The molecule has 3 nitrogen and oxygen atoms in total. The molecule has 0 atom stereocenters. The number of fused-ring (bicyclic) bond motifs is 4. The van der Waals surface area contributed by atoms with Crippen LogP contribution in [0.1, 0.15) is 0 Å². The number of benzene rings is 9. The van der Waals surface area contributed by atoms with Gasteiger partial charge >= 0.3 is 0 Å². The minimum absolute atomic E-state index is 0.638. The van der Waals surface area contributed by atoms with E-state index in [9.17, 15) is 0 Å². The molecule has 0 spiro atoms. The summed E-state index contributed by atoms with van der Waals surface area (Å²) in [5.41, 5.74) is 12.3. The molecule has 2 heterocycles. The SMILES string of the molecule is c1ccc(-c2ccc(-c3ccc(-c4nc(-c5ccc(-c6ccc(-c7ccccc7)cc6)c6ccccc56)nc(-c5cccc6c5sc5ccccc56)n4)cc3)cc2)cc1. The van der Waals surface area contributed by atoms with E-state index in [-0.39, 0.29) is 0 Å². The van der Waals surface area contributed by atoms with Gasteiger partial charge in [-0.2, -0.15) is 0 Å². The van der Waals surface area contributed by atoms with Crippen molar-refractivity contribution >= 4 is 42.3 Å². The largest absolute Gasteiger partial charge is 0.208 e. The fourth-order valence-electron chi connectivity index (χ4n) is 8.19. The predicted octanol–water partition coefficient (Wildman–Crippen LogP) is 15.1. The molecule has 9 aromatic carbocycles. The maximum atomic E-state index is 5.30. The fraction of sp³-hybridized carbons (Fsp3) is 0. The van der Waals surface area contributed by atoms with Gasteiger partial charge in [0, 0.05) is 36.9 Å². The summed E-state index contributed by atoms with van der Waals surface area (Å²) in [5, 5.41) is 4.70. The van der Waals surface area contributed by atoms with Crippen LogP contribution in [0.15, 0.2) is 212 Å². The van der Waals surface area contributed by atoms with Gasteiger partial charge in [0.15, 0.2) is 17.5 Å². The van der Waals surface area contributed by atoms with E-state index in [0.29, 0.717) is 17.5 Å². The van der Waals surface area contributed by atoms with Crippen molar-refractivity contribution in [1.29, 1.82) is 0 Å². The van der Waals surface area contributed by atoms with Crippen LogP contribution in [0.4, 0.5) is 0 Å². The average molecular weight is 770 g/mol. The number of hydrogen-bond donors (Lipinski definition) is 0. The second kappa shape index (κ2) is 14.8. The Morgan fingerprint density at radius 2 is 0.644 bits per heavy atom. The van der Waals surface area contributed by atoms with Gasteiger partial charge < -0.3 is 0 Å². The maximum absolute atomic E-state index is 5.30. The molecule has 0 aliphatic carbocycles. The summed E-state index contributed by atoms with van der Waals surface area (Å²) in [7, 11) is 0. The van der Waals surface area contributed by atoms with Crippen molar-refractivity contribution in [1.82, 2.24) is 15.0 Å². The van der Waals surface area contributed by atoms with Crippen molar-refractivity contribution in [2.45, 2.75) is 0 Å². The standard InChI is InChI=1S/C55H35N3S/c1-3-12-36(13-4-1)38-22-24-40(25-23-38)41-28-32-43(33-29-41)53-56-54(58-55(57-53)50-20-11-19-48-47-18-9-10-21-51(47)59-52(48)50)49-35-34-44(45-16-7-8-17-46(45)49)42-30-26-39(27-31-42)37-14-5-2-6-15-37/h1-35H. The first-order valence-electron chi connectivity index (χ1n) is 19.8. The molecule has 4 heteroatoms. The lowest BCUT2D eigenvalue weighted by Crippen LogP contribution is -2.01. The van der Waals surface area contributed by atoms with E-state index >= 15 is 0 Å². The molecule has 0 amide bonds. The highest BCUT2D eigenvalue weighted by atomic mass is 32.1. The Kier molecular flexibility index (Phi) is 8.68. The second-order valence-electron chi connectivity index (χ2n) is 14.8. The van der Waals surface area contributed by atoms with E-state index in [2.05, 4.69) is 206 Å². The van der Waals surface area contributed by atoms with Crippen molar-refractivity contribution in [3.63, 3.8) is 0 Å². The van der Waals surface area contributed by atoms with E-state index in [1.165, 1.54) is 48.0 Å². The Balaban J connectivity index is 1.03. The lowest BCUT2D eigenvalue weighted by atomic mass is 9.93. The molecule has 0 N–H and O–H groups in total. The molecule has 11 aromatic rings. The van der Waals surface area contributed by atoms with Crippen LogP contribution < -0.4 is 0 Å². The van der Waals surface area contributed by atoms with Crippen molar-refractivity contribution in [2.24, 2.45) is 0 Å². The zero-order valence-corrected chi connectivity index (χ0v) is 32.8. The second-order valence-corrected chi connectivity index (χ2v) is 15.8. The number of aromatic nitrogens is 3. The van der Waals surface area contributed by atoms with Gasteiger partial charge in [0.1, 0.15) is 0 Å². The van der Waals surface area contributed by atoms with Gasteiger partial charge in [-0.1, -0.05) is 194 Å². The first kappa shape index (κ1) is 34.7. The van der Waals surface area contributed by atoms with Crippen molar-refractivity contribution in [2.75, 3.05) is 0 Å². The lowest BCUT2D eigenvalue weighted by molar-refractivity contribution is 1.08. The molecule has 0 fully saturated rings. The summed E-state index contributed by atoms with van der Waals surface area (Å²) in [6.07, 6.45) is 0. The molecule has 2 aromatic heterocycles. The Morgan fingerprint density at radius 3 is 1.24 bits per heavy atom. The van der Waals surface area contributed by atoms with Crippen molar-refractivity contribution < 1.29 is 0 Å². The van der Waals surface area contributed by atoms with E-state index in [1.807, 2.05) is 6.07 Å².